The van der Waals surface area contributed by atoms with Gasteiger partial charge in [-0.15, -0.1) is 0 Å². The van der Waals surface area contributed by atoms with E-state index < -0.39 is 0 Å². The second-order valence-corrected chi connectivity index (χ2v) is 10.4. The summed E-state index contributed by atoms with van der Waals surface area (Å²) in [5.74, 6) is 0. The van der Waals surface area contributed by atoms with Crippen molar-refractivity contribution in [3.05, 3.63) is 47.0 Å². The van der Waals surface area contributed by atoms with Crippen LogP contribution in [0.25, 0.3) is 10.8 Å². The van der Waals surface area contributed by atoms with Crippen LogP contribution in [0.1, 0.15) is 108 Å². The van der Waals surface area contributed by atoms with Crippen molar-refractivity contribution in [2.75, 3.05) is 19.6 Å². The van der Waals surface area contributed by atoms with E-state index in [2.05, 4.69) is 49.1 Å². The summed E-state index contributed by atoms with van der Waals surface area (Å²) in [6, 6.07) is 11.3. The molecule has 2 heteroatoms. The molecule has 0 heterocycles. The summed E-state index contributed by atoms with van der Waals surface area (Å²) in [5.41, 5.74) is 4.45. The van der Waals surface area contributed by atoms with E-state index in [1.54, 1.807) is 5.56 Å². The van der Waals surface area contributed by atoms with Gasteiger partial charge in [-0.05, 0) is 79.1 Å². The van der Waals surface area contributed by atoms with Gasteiger partial charge in [-0.25, -0.2) is 0 Å². The quantitative estimate of drug-likeness (QED) is 0.262. The molecular weight excluding hydrogens is 402 g/mol. The van der Waals surface area contributed by atoms with Gasteiger partial charge in [-0.2, -0.15) is 0 Å². The maximum Gasteiger partial charge on any atom is 0.0707 e. The van der Waals surface area contributed by atoms with Crippen molar-refractivity contribution < 1.29 is 5.11 Å². The molecule has 184 valence electrons. The Bertz CT molecular complexity index is 800. The molecule has 33 heavy (non-hydrogen) atoms. The van der Waals surface area contributed by atoms with Gasteiger partial charge in [-0.3, -0.25) is 0 Å². The maximum absolute atomic E-state index is 11.2. The fourth-order valence-corrected chi connectivity index (χ4v) is 5.67. The van der Waals surface area contributed by atoms with Crippen LogP contribution in [0.2, 0.25) is 0 Å². The van der Waals surface area contributed by atoms with E-state index in [-0.39, 0.29) is 6.10 Å². The third-order valence-corrected chi connectivity index (χ3v) is 7.54. The molecule has 0 fully saturated rings. The van der Waals surface area contributed by atoms with E-state index in [4.69, 9.17) is 0 Å². The van der Waals surface area contributed by atoms with E-state index >= 15 is 0 Å². The molecule has 0 aliphatic heterocycles. The second kappa shape index (κ2) is 14.8. The fourth-order valence-electron chi connectivity index (χ4n) is 5.67. The van der Waals surface area contributed by atoms with Crippen LogP contribution in [0.15, 0.2) is 30.3 Å². The van der Waals surface area contributed by atoms with E-state index in [9.17, 15) is 5.11 Å². The lowest BCUT2D eigenvalue weighted by Crippen LogP contribution is -2.35. The summed E-state index contributed by atoms with van der Waals surface area (Å²) in [5, 5.41) is 14.0. The van der Waals surface area contributed by atoms with E-state index in [1.807, 2.05) is 0 Å². The molecule has 2 nitrogen and oxygen atoms in total. The summed E-state index contributed by atoms with van der Waals surface area (Å²) in [4.78, 5) is 2.56. The van der Waals surface area contributed by atoms with Crippen molar-refractivity contribution in [1.82, 2.24) is 4.90 Å². The predicted octanol–water partition coefficient (Wildman–Crippen LogP) is 7.86. The molecule has 1 aliphatic carbocycles. The topological polar surface area (TPSA) is 23.5 Å². The summed E-state index contributed by atoms with van der Waals surface area (Å²) in [6.45, 7) is 7.65. The monoisotopic (exact) mass is 451 g/mol. The van der Waals surface area contributed by atoms with Crippen molar-refractivity contribution in [1.29, 1.82) is 0 Å². The molecule has 0 saturated carbocycles. The number of hydrogen-bond acceptors (Lipinski definition) is 2. The molecule has 3 rings (SSSR count). The average Bonchev–Trinajstić information content (AvgIpc) is 2.83. The summed E-state index contributed by atoms with van der Waals surface area (Å²) in [6.07, 6.45) is 18.7. The first-order valence-electron chi connectivity index (χ1n) is 14.2. The Morgan fingerprint density at radius 3 is 2.06 bits per heavy atom. The molecule has 0 aromatic heterocycles. The minimum Gasteiger partial charge on any atom is -0.391 e. The van der Waals surface area contributed by atoms with Crippen LogP contribution in [-0.2, 0) is 19.3 Å². The number of aliphatic hydroxyl groups excluding tert-OH is 1. The lowest BCUT2D eigenvalue weighted by Gasteiger charge is -2.26. The minimum absolute atomic E-state index is 0.290. The number of aliphatic hydroxyl groups is 1. The Morgan fingerprint density at radius 1 is 0.788 bits per heavy atom. The number of nitrogens with zero attached hydrogens (tertiary/aromatic N) is 1. The highest BCUT2D eigenvalue weighted by Crippen LogP contribution is 2.32. The van der Waals surface area contributed by atoms with Crippen molar-refractivity contribution in [3.63, 3.8) is 0 Å². The van der Waals surface area contributed by atoms with Gasteiger partial charge >= 0.3 is 0 Å². The highest BCUT2D eigenvalue weighted by atomic mass is 16.3. The highest BCUT2D eigenvalue weighted by Gasteiger charge is 2.18. The molecule has 1 atom stereocenters. The van der Waals surface area contributed by atoms with Crippen molar-refractivity contribution in [2.24, 2.45) is 0 Å². The molecule has 1 N–H and O–H groups in total. The van der Waals surface area contributed by atoms with Crippen LogP contribution in [-0.4, -0.2) is 35.7 Å². The van der Waals surface area contributed by atoms with Gasteiger partial charge in [0.1, 0.15) is 0 Å². The summed E-state index contributed by atoms with van der Waals surface area (Å²) < 4.78 is 0. The first-order chi connectivity index (χ1) is 16.2. The van der Waals surface area contributed by atoms with Gasteiger partial charge < -0.3 is 10.0 Å². The molecule has 0 amide bonds. The number of hydrogen-bond donors (Lipinski definition) is 1. The largest absolute Gasteiger partial charge is 0.391 e. The molecule has 1 aliphatic rings. The zero-order valence-electron chi connectivity index (χ0n) is 21.6. The first-order valence-corrected chi connectivity index (χ1v) is 14.2. The molecule has 1 unspecified atom stereocenters. The average molecular weight is 452 g/mol. The predicted molar refractivity (Wildman–Crippen MR) is 144 cm³/mol. The third-order valence-electron chi connectivity index (χ3n) is 7.54. The number of rotatable bonds is 16. The Balaban J connectivity index is 1.62. The van der Waals surface area contributed by atoms with Crippen LogP contribution in [0.3, 0.4) is 0 Å². The van der Waals surface area contributed by atoms with Crippen LogP contribution >= 0.6 is 0 Å². The van der Waals surface area contributed by atoms with Crippen molar-refractivity contribution in [2.45, 2.75) is 116 Å². The minimum atomic E-state index is -0.290. The Labute approximate surface area is 203 Å². The molecule has 0 radical (unpaired) electrons. The van der Waals surface area contributed by atoms with Gasteiger partial charge in [0.15, 0.2) is 0 Å². The fraction of sp³-hybridized carbons (Fsp3) is 0.677. The molecule has 0 bridgehead atoms. The van der Waals surface area contributed by atoms with Gasteiger partial charge in [-0.1, -0.05) is 95.5 Å². The third kappa shape index (κ3) is 8.41. The zero-order valence-corrected chi connectivity index (χ0v) is 21.6. The van der Waals surface area contributed by atoms with E-state index in [1.165, 1.54) is 112 Å². The lowest BCUT2D eigenvalue weighted by molar-refractivity contribution is 0.110. The number of benzene rings is 2. The molecule has 2 aromatic carbocycles. The highest BCUT2D eigenvalue weighted by molar-refractivity contribution is 5.90. The Hall–Kier alpha value is -1.38. The van der Waals surface area contributed by atoms with Crippen LogP contribution < -0.4 is 0 Å². The van der Waals surface area contributed by atoms with Gasteiger partial charge in [0.05, 0.1) is 6.10 Å². The summed E-state index contributed by atoms with van der Waals surface area (Å²) in [7, 11) is 0. The van der Waals surface area contributed by atoms with Gasteiger partial charge in [0.2, 0.25) is 0 Å². The zero-order chi connectivity index (χ0) is 23.3. The van der Waals surface area contributed by atoms with Gasteiger partial charge in [0, 0.05) is 13.0 Å². The van der Waals surface area contributed by atoms with E-state index in [0.29, 0.717) is 0 Å². The van der Waals surface area contributed by atoms with Gasteiger partial charge in [0.25, 0.3) is 0 Å². The van der Waals surface area contributed by atoms with Crippen LogP contribution in [0.5, 0.6) is 0 Å². The SMILES string of the molecule is CCCCCCCN(CCCCCCC)CC(O)Cc1cc2c(c3ccccc13)CCCC2. The Kier molecular flexibility index (Phi) is 11.8. The second-order valence-electron chi connectivity index (χ2n) is 10.4. The standard InChI is InChI=1S/C31H49NO/c1-3-5-7-9-15-21-32(22-16-10-8-6-4-2)25-28(33)24-27-23-26-17-11-12-18-29(26)31-20-14-13-19-30(27)31/h13-14,19-20,23,28,33H,3-12,15-18,21-22,24-25H2,1-2H3. The maximum atomic E-state index is 11.2. The van der Waals surface area contributed by atoms with E-state index in [0.717, 1.165) is 26.1 Å². The first kappa shape index (κ1) is 26.2. The van der Waals surface area contributed by atoms with Crippen LogP contribution in [0.4, 0.5) is 0 Å². The molecule has 2 aromatic rings. The summed E-state index contributed by atoms with van der Waals surface area (Å²) >= 11 is 0. The lowest BCUT2D eigenvalue weighted by atomic mass is 9.84. The molecule has 0 saturated heterocycles. The Morgan fingerprint density at radius 2 is 1.39 bits per heavy atom. The number of unbranched alkanes of at least 4 members (excludes halogenated alkanes) is 8. The number of fused-ring (bicyclic) bond motifs is 3. The van der Waals surface area contributed by atoms with Crippen molar-refractivity contribution in [3.8, 4) is 0 Å². The molecule has 0 spiro atoms. The molecular formula is C31H49NO. The smallest absolute Gasteiger partial charge is 0.0707 e. The normalized spacial score (nSPS) is 14.7. The number of aryl methyl sites for hydroxylation is 2. The van der Waals surface area contributed by atoms with Crippen molar-refractivity contribution >= 4 is 10.8 Å². The van der Waals surface area contributed by atoms with Crippen LogP contribution in [0, 0.1) is 0 Å².